The van der Waals surface area contributed by atoms with Crippen LogP contribution >= 0.6 is 11.6 Å². The van der Waals surface area contributed by atoms with Gasteiger partial charge in [-0.3, -0.25) is 0 Å². The molecule has 0 aliphatic rings. The quantitative estimate of drug-likeness (QED) is 0.479. The molecule has 0 N–H and O–H groups in total. The second kappa shape index (κ2) is 6.50. The van der Waals surface area contributed by atoms with Crippen molar-refractivity contribution < 1.29 is 14.3 Å². The van der Waals surface area contributed by atoms with Gasteiger partial charge in [0.2, 0.25) is 0 Å². The van der Waals surface area contributed by atoms with Crippen LogP contribution in [0.1, 0.15) is 16.8 Å². The summed E-state index contributed by atoms with van der Waals surface area (Å²) in [5, 5.41) is 1.02. The second-order valence-electron chi connectivity index (χ2n) is 3.99. The number of carbonyl (C=O) groups excluding carboxylic acids is 1. The molecule has 0 amide bonds. The van der Waals surface area contributed by atoms with E-state index < -0.39 is 5.97 Å². The van der Waals surface area contributed by atoms with Crippen molar-refractivity contribution in [2.45, 2.75) is 6.42 Å². The number of esters is 1. The van der Waals surface area contributed by atoms with Crippen LogP contribution in [0.15, 0.2) is 30.3 Å². The fourth-order valence-electron chi connectivity index (χ4n) is 1.76. The van der Waals surface area contributed by atoms with Gasteiger partial charge in [-0.05, 0) is 12.1 Å². The maximum atomic E-state index is 12.0. The van der Waals surface area contributed by atoms with E-state index in [1.807, 2.05) is 24.3 Å². The number of benzene rings is 1. The summed E-state index contributed by atoms with van der Waals surface area (Å²) < 4.78 is 10.1. The fraction of sp³-hybridized carbons (Fsp3) is 0.286. The molecule has 4 nitrogen and oxygen atoms in total. The van der Waals surface area contributed by atoms with Crippen molar-refractivity contribution in [1.29, 1.82) is 0 Å². The van der Waals surface area contributed by atoms with Crippen LogP contribution in [0.4, 0.5) is 0 Å². The van der Waals surface area contributed by atoms with E-state index in [-0.39, 0.29) is 5.15 Å². The highest BCUT2D eigenvalue weighted by molar-refractivity contribution is 6.30. The lowest BCUT2D eigenvalue weighted by molar-refractivity contribution is 0.0470. The van der Waals surface area contributed by atoms with Crippen molar-refractivity contribution in [3.05, 3.63) is 41.0 Å². The maximum Gasteiger partial charge on any atom is 0.338 e. The molecule has 19 heavy (non-hydrogen) atoms. The van der Waals surface area contributed by atoms with Gasteiger partial charge in [0.15, 0.2) is 0 Å². The van der Waals surface area contributed by atoms with E-state index in [4.69, 9.17) is 21.1 Å². The smallest absolute Gasteiger partial charge is 0.338 e. The van der Waals surface area contributed by atoms with Crippen LogP contribution in [0, 0.1) is 0 Å². The Kier molecular flexibility index (Phi) is 4.71. The molecule has 0 saturated heterocycles. The number of halogens is 1. The number of para-hydroxylation sites is 1. The molecule has 1 heterocycles. The number of carbonyl (C=O) groups is 1. The van der Waals surface area contributed by atoms with Crippen molar-refractivity contribution in [1.82, 2.24) is 4.98 Å². The molecule has 1 aromatic carbocycles. The van der Waals surface area contributed by atoms with E-state index in [9.17, 15) is 4.79 Å². The molecule has 0 unspecified atom stereocenters. The van der Waals surface area contributed by atoms with Crippen LogP contribution in [0.5, 0.6) is 0 Å². The number of nitrogens with zero attached hydrogens (tertiary/aromatic N) is 1. The van der Waals surface area contributed by atoms with Gasteiger partial charge < -0.3 is 9.47 Å². The first-order valence-electron chi connectivity index (χ1n) is 5.93. The SMILES string of the molecule is COCCCOC(=O)c1cc(Cl)nc2ccccc12. The molecule has 0 saturated carbocycles. The van der Waals surface area contributed by atoms with Gasteiger partial charge in [0, 0.05) is 25.5 Å². The van der Waals surface area contributed by atoms with Gasteiger partial charge in [-0.1, -0.05) is 29.8 Å². The average Bonchev–Trinajstić information content (AvgIpc) is 2.42. The van der Waals surface area contributed by atoms with Gasteiger partial charge in [0.25, 0.3) is 0 Å². The van der Waals surface area contributed by atoms with Crippen LogP contribution in [0.2, 0.25) is 5.15 Å². The molecule has 2 rings (SSSR count). The third kappa shape index (κ3) is 3.43. The Hall–Kier alpha value is -1.65. The Morgan fingerprint density at radius 3 is 2.89 bits per heavy atom. The Balaban J connectivity index is 2.21. The van der Waals surface area contributed by atoms with E-state index in [0.29, 0.717) is 30.7 Å². The highest BCUT2D eigenvalue weighted by Crippen LogP contribution is 2.21. The summed E-state index contributed by atoms with van der Waals surface area (Å²) in [6, 6.07) is 8.86. The highest BCUT2D eigenvalue weighted by atomic mass is 35.5. The molecular weight excluding hydrogens is 266 g/mol. The Morgan fingerprint density at radius 1 is 1.32 bits per heavy atom. The standard InChI is InChI=1S/C14H14ClNO3/c1-18-7-4-8-19-14(17)11-9-13(15)16-12-6-3-2-5-10(11)12/h2-3,5-6,9H,4,7-8H2,1H3. The van der Waals surface area contributed by atoms with Crippen LogP contribution in [0.25, 0.3) is 10.9 Å². The average molecular weight is 280 g/mol. The molecule has 2 aromatic rings. The Labute approximate surface area is 116 Å². The third-order valence-electron chi connectivity index (χ3n) is 2.63. The monoisotopic (exact) mass is 279 g/mol. The predicted molar refractivity (Wildman–Crippen MR) is 73.5 cm³/mol. The van der Waals surface area contributed by atoms with Gasteiger partial charge in [0.1, 0.15) is 5.15 Å². The first kappa shape index (κ1) is 13.8. The van der Waals surface area contributed by atoms with Crippen LogP contribution < -0.4 is 0 Å². The zero-order chi connectivity index (χ0) is 13.7. The van der Waals surface area contributed by atoms with E-state index in [1.165, 1.54) is 6.07 Å². The molecule has 0 atom stereocenters. The minimum atomic E-state index is -0.392. The number of fused-ring (bicyclic) bond motifs is 1. The number of hydrogen-bond donors (Lipinski definition) is 0. The Bertz CT molecular complexity index is 586. The lowest BCUT2D eigenvalue weighted by Crippen LogP contribution is -2.09. The summed E-state index contributed by atoms with van der Waals surface area (Å²) in [7, 11) is 1.61. The molecule has 100 valence electrons. The summed E-state index contributed by atoms with van der Waals surface area (Å²) in [6.07, 6.45) is 0.666. The normalized spacial score (nSPS) is 10.6. The zero-order valence-electron chi connectivity index (χ0n) is 10.6. The van der Waals surface area contributed by atoms with Gasteiger partial charge in [-0.25, -0.2) is 9.78 Å². The molecule has 0 bridgehead atoms. The summed E-state index contributed by atoms with van der Waals surface area (Å²) in [5.41, 5.74) is 1.12. The van der Waals surface area contributed by atoms with Crippen molar-refractivity contribution in [3.63, 3.8) is 0 Å². The van der Waals surface area contributed by atoms with Gasteiger partial charge >= 0.3 is 5.97 Å². The first-order valence-corrected chi connectivity index (χ1v) is 6.31. The fourth-order valence-corrected chi connectivity index (χ4v) is 1.96. The summed E-state index contributed by atoms with van der Waals surface area (Å²) in [4.78, 5) is 16.2. The minimum absolute atomic E-state index is 0.280. The van der Waals surface area contributed by atoms with Crippen LogP contribution in [-0.2, 0) is 9.47 Å². The van der Waals surface area contributed by atoms with E-state index in [1.54, 1.807) is 7.11 Å². The third-order valence-corrected chi connectivity index (χ3v) is 2.82. The molecule has 1 aromatic heterocycles. The van der Waals surface area contributed by atoms with Gasteiger partial charge in [-0.2, -0.15) is 0 Å². The largest absolute Gasteiger partial charge is 0.462 e. The first-order chi connectivity index (χ1) is 9.22. The number of hydrogen-bond acceptors (Lipinski definition) is 4. The predicted octanol–water partition coefficient (Wildman–Crippen LogP) is 3.08. The van der Waals surface area contributed by atoms with Gasteiger partial charge in [0.05, 0.1) is 17.7 Å². The second-order valence-corrected chi connectivity index (χ2v) is 4.38. The van der Waals surface area contributed by atoms with Crippen molar-refractivity contribution >= 4 is 28.5 Å². The number of methoxy groups -OCH3 is 1. The van der Waals surface area contributed by atoms with E-state index in [2.05, 4.69) is 4.98 Å². The zero-order valence-corrected chi connectivity index (χ0v) is 11.3. The van der Waals surface area contributed by atoms with Crippen molar-refractivity contribution in [2.75, 3.05) is 20.3 Å². The van der Waals surface area contributed by atoms with Crippen molar-refractivity contribution in [2.24, 2.45) is 0 Å². The molecule has 0 fully saturated rings. The van der Waals surface area contributed by atoms with Gasteiger partial charge in [-0.15, -0.1) is 0 Å². The number of ether oxygens (including phenoxy) is 2. The molecule has 5 heteroatoms. The van der Waals surface area contributed by atoms with E-state index >= 15 is 0 Å². The maximum absolute atomic E-state index is 12.0. The molecule has 0 aliphatic carbocycles. The lowest BCUT2D eigenvalue weighted by atomic mass is 10.1. The summed E-state index contributed by atoms with van der Waals surface area (Å²) >= 11 is 5.91. The minimum Gasteiger partial charge on any atom is -0.462 e. The topological polar surface area (TPSA) is 48.4 Å². The molecule has 0 spiro atoms. The Morgan fingerprint density at radius 2 is 2.11 bits per heavy atom. The number of rotatable bonds is 5. The number of aromatic nitrogens is 1. The lowest BCUT2D eigenvalue weighted by Gasteiger charge is -2.07. The van der Waals surface area contributed by atoms with Crippen LogP contribution in [0.3, 0.4) is 0 Å². The molecular formula is C14H14ClNO3. The van der Waals surface area contributed by atoms with Crippen LogP contribution in [-0.4, -0.2) is 31.3 Å². The molecule has 0 aliphatic heterocycles. The summed E-state index contributed by atoms with van der Waals surface area (Å²) in [6.45, 7) is 0.881. The summed E-state index contributed by atoms with van der Waals surface area (Å²) in [5.74, 6) is -0.392. The van der Waals surface area contributed by atoms with E-state index in [0.717, 1.165) is 5.39 Å². The number of pyridine rings is 1. The molecule has 0 radical (unpaired) electrons. The highest BCUT2D eigenvalue weighted by Gasteiger charge is 2.13. The van der Waals surface area contributed by atoms with Crippen molar-refractivity contribution in [3.8, 4) is 0 Å².